The first-order valence-corrected chi connectivity index (χ1v) is 15.1. The van der Waals surface area contributed by atoms with Gasteiger partial charge in [0, 0.05) is 46.2 Å². The second kappa shape index (κ2) is 13.1. The number of ether oxygens (including phenoxy) is 1. The number of anilines is 2. The first-order chi connectivity index (χ1) is 22.7. The number of aromatic nitrogens is 2. The van der Waals surface area contributed by atoms with Crippen LogP contribution in [-0.4, -0.2) is 44.5 Å². The van der Waals surface area contributed by atoms with Crippen LogP contribution in [0, 0.1) is 10.1 Å². The molecule has 0 saturated heterocycles. The van der Waals surface area contributed by atoms with Gasteiger partial charge >= 0.3 is 11.7 Å². The third-order valence-corrected chi connectivity index (χ3v) is 8.30. The maximum absolute atomic E-state index is 13.2. The molecule has 0 bridgehead atoms. The van der Waals surface area contributed by atoms with Gasteiger partial charge in [-0.2, -0.15) is 0 Å². The Labute approximate surface area is 269 Å². The van der Waals surface area contributed by atoms with E-state index in [2.05, 4.69) is 15.2 Å². The van der Waals surface area contributed by atoms with Crippen molar-refractivity contribution in [3.05, 3.63) is 112 Å². The fraction of sp³-hybridized carbons (Fsp3) is 0.200. The first-order valence-electron chi connectivity index (χ1n) is 15.1. The molecule has 5 aromatic rings. The van der Waals surface area contributed by atoms with Crippen molar-refractivity contribution in [3.8, 4) is 17.1 Å². The molecule has 1 fully saturated rings. The van der Waals surface area contributed by atoms with Crippen LogP contribution in [0.5, 0.6) is 5.75 Å². The van der Waals surface area contributed by atoms with Crippen LogP contribution < -0.4 is 15.4 Å². The summed E-state index contributed by atoms with van der Waals surface area (Å²) >= 11 is 0. The van der Waals surface area contributed by atoms with E-state index in [1.165, 1.54) is 31.7 Å². The second-order valence-electron chi connectivity index (χ2n) is 11.3. The van der Waals surface area contributed by atoms with Crippen LogP contribution in [0.4, 0.5) is 17.1 Å². The van der Waals surface area contributed by atoms with Gasteiger partial charge in [0.1, 0.15) is 5.82 Å². The predicted octanol–water partition coefficient (Wildman–Crippen LogP) is 7.33. The molecule has 0 atom stereocenters. The average Bonchev–Trinajstić information content (AvgIpc) is 3.47. The van der Waals surface area contributed by atoms with Crippen molar-refractivity contribution in [2.75, 3.05) is 17.7 Å². The van der Waals surface area contributed by atoms with E-state index in [0.717, 1.165) is 42.6 Å². The summed E-state index contributed by atoms with van der Waals surface area (Å²) in [5.41, 5.74) is 3.69. The SMILES string of the molecule is COc1cc(C(=O)Nc2cccc(NC(=O)c3ccc(-c4nc5cc(C(=O)O)ccc5n4C4CCCCC4)cc3)c2)ccc1[N+](=O)[O-]. The van der Waals surface area contributed by atoms with Crippen LogP contribution in [-0.2, 0) is 0 Å². The van der Waals surface area contributed by atoms with Crippen molar-refractivity contribution in [1.29, 1.82) is 0 Å². The molecule has 238 valence electrons. The molecule has 12 heteroatoms. The number of amides is 2. The van der Waals surface area contributed by atoms with Crippen LogP contribution in [0.2, 0.25) is 0 Å². The number of nitrogens with zero attached hydrogens (tertiary/aromatic N) is 3. The summed E-state index contributed by atoms with van der Waals surface area (Å²) in [6.07, 6.45) is 5.46. The normalized spacial score (nSPS) is 13.2. The Morgan fingerprint density at radius 3 is 2.13 bits per heavy atom. The third kappa shape index (κ3) is 6.52. The summed E-state index contributed by atoms with van der Waals surface area (Å²) in [5.74, 6) is -1.17. The largest absolute Gasteiger partial charge is 0.490 e. The lowest BCUT2D eigenvalue weighted by molar-refractivity contribution is -0.385. The Bertz CT molecular complexity index is 2010. The molecular weight excluding hydrogens is 602 g/mol. The van der Waals surface area contributed by atoms with Gasteiger partial charge in [-0.1, -0.05) is 37.5 Å². The number of imidazole rings is 1. The molecule has 4 aromatic carbocycles. The van der Waals surface area contributed by atoms with Crippen molar-refractivity contribution in [3.63, 3.8) is 0 Å². The zero-order valence-corrected chi connectivity index (χ0v) is 25.4. The smallest absolute Gasteiger partial charge is 0.335 e. The summed E-state index contributed by atoms with van der Waals surface area (Å²) in [4.78, 5) is 53.1. The quantitative estimate of drug-likeness (QED) is 0.112. The minimum Gasteiger partial charge on any atom is -0.490 e. The zero-order valence-electron chi connectivity index (χ0n) is 25.4. The third-order valence-electron chi connectivity index (χ3n) is 8.30. The van der Waals surface area contributed by atoms with E-state index >= 15 is 0 Å². The number of hydrogen-bond donors (Lipinski definition) is 3. The Kier molecular flexibility index (Phi) is 8.65. The van der Waals surface area contributed by atoms with Crippen molar-refractivity contribution in [2.24, 2.45) is 0 Å². The molecule has 0 spiro atoms. The number of aromatic carboxylic acids is 1. The molecule has 1 aliphatic carbocycles. The number of fused-ring (bicyclic) bond motifs is 1. The minimum absolute atomic E-state index is 0.0340. The molecule has 0 aliphatic heterocycles. The Balaban J connectivity index is 1.19. The van der Waals surface area contributed by atoms with E-state index in [4.69, 9.17) is 9.72 Å². The number of hydrogen-bond acceptors (Lipinski definition) is 7. The number of nitro groups is 1. The number of benzene rings is 4. The van der Waals surface area contributed by atoms with Gasteiger partial charge in [0.05, 0.1) is 28.6 Å². The highest BCUT2D eigenvalue weighted by atomic mass is 16.6. The number of carbonyl (C=O) groups is 3. The molecule has 47 heavy (non-hydrogen) atoms. The van der Waals surface area contributed by atoms with Crippen LogP contribution >= 0.6 is 0 Å². The molecule has 1 aliphatic rings. The maximum atomic E-state index is 13.2. The van der Waals surface area contributed by atoms with Crippen molar-refractivity contribution in [2.45, 2.75) is 38.1 Å². The molecule has 1 saturated carbocycles. The number of carboxylic acids is 1. The lowest BCUT2D eigenvalue weighted by Gasteiger charge is -2.25. The Morgan fingerprint density at radius 1 is 0.851 bits per heavy atom. The van der Waals surface area contributed by atoms with E-state index < -0.39 is 16.8 Å². The van der Waals surface area contributed by atoms with E-state index in [1.54, 1.807) is 48.5 Å². The van der Waals surface area contributed by atoms with Gasteiger partial charge in [-0.05, 0) is 67.4 Å². The van der Waals surface area contributed by atoms with E-state index in [9.17, 15) is 29.6 Å². The standard InChI is InChI=1S/C35H31N5O7/c1-47-31-19-23(14-17-30(31)40(45)46)34(42)37-26-7-5-6-25(20-26)36-33(41)22-12-10-21(11-13-22)32-38-28-18-24(35(43)44)15-16-29(28)39(32)27-8-3-2-4-9-27/h5-7,10-20,27H,2-4,8-9H2,1H3,(H,36,41)(H,37,42)(H,43,44). The second-order valence-corrected chi connectivity index (χ2v) is 11.3. The van der Waals surface area contributed by atoms with Gasteiger partial charge in [-0.15, -0.1) is 0 Å². The molecule has 0 unspecified atom stereocenters. The summed E-state index contributed by atoms with van der Waals surface area (Å²) in [5, 5.41) is 26.3. The van der Waals surface area contributed by atoms with Crippen molar-refractivity contribution >= 4 is 45.9 Å². The summed E-state index contributed by atoms with van der Waals surface area (Å²) in [6, 6.07) is 22.8. The molecule has 12 nitrogen and oxygen atoms in total. The summed E-state index contributed by atoms with van der Waals surface area (Å²) in [6.45, 7) is 0. The number of methoxy groups -OCH3 is 1. The van der Waals surface area contributed by atoms with Crippen LogP contribution in [0.3, 0.4) is 0 Å². The van der Waals surface area contributed by atoms with Gasteiger partial charge in [0.25, 0.3) is 11.8 Å². The molecule has 0 radical (unpaired) electrons. The molecule has 2 amide bonds. The number of carbonyl (C=O) groups excluding carboxylic acids is 2. The van der Waals surface area contributed by atoms with Crippen molar-refractivity contribution in [1.82, 2.24) is 9.55 Å². The van der Waals surface area contributed by atoms with Crippen LogP contribution in [0.25, 0.3) is 22.4 Å². The summed E-state index contributed by atoms with van der Waals surface area (Å²) < 4.78 is 7.26. The lowest BCUT2D eigenvalue weighted by atomic mass is 9.94. The monoisotopic (exact) mass is 633 g/mol. The molecule has 1 aromatic heterocycles. The number of nitro benzene ring substituents is 1. The Morgan fingerprint density at radius 2 is 1.49 bits per heavy atom. The average molecular weight is 634 g/mol. The molecular formula is C35H31N5O7. The minimum atomic E-state index is -1.01. The van der Waals surface area contributed by atoms with E-state index in [1.807, 2.05) is 18.2 Å². The van der Waals surface area contributed by atoms with Gasteiger partial charge in [0.2, 0.25) is 0 Å². The maximum Gasteiger partial charge on any atom is 0.335 e. The van der Waals surface area contributed by atoms with E-state index in [-0.39, 0.29) is 34.5 Å². The van der Waals surface area contributed by atoms with E-state index in [0.29, 0.717) is 22.5 Å². The first kappa shape index (κ1) is 31.0. The van der Waals surface area contributed by atoms with Gasteiger partial charge in [0.15, 0.2) is 5.75 Å². The highest BCUT2D eigenvalue weighted by molar-refractivity contribution is 6.07. The van der Waals surface area contributed by atoms with Crippen LogP contribution in [0.1, 0.15) is 69.2 Å². The number of nitrogens with one attached hydrogen (secondary N) is 2. The van der Waals surface area contributed by atoms with Crippen LogP contribution in [0.15, 0.2) is 84.9 Å². The van der Waals surface area contributed by atoms with Gasteiger partial charge in [-0.25, -0.2) is 9.78 Å². The topological polar surface area (TPSA) is 166 Å². The highest BCUT2D eigenvalue weighted by Crippen LogP contribution is 2.36. The fourth-order valence-corrected chi connectivity index (χ4v) is 5.97. The number of rotatable bonds is 9. The highest BCUT2D eigenvalue weighted by Gasteiger charge is 2.23. The summed E-state index contributed by atoms with van der Waals surface area (Å²) in [7, 11) is 1.29. The lowest BCUT2D eigenvalue weighted by Crippen LogP contribution is -2.15. The van der Waals surface area contributed by atoms with Crippen molar-refractivity contribution < 1.29 is 29.2 Å². The predicted molar refractivity (Wildman–Crippen MR) is 176 cm³/mol. The zero-order chi connectivity index (χ0) is 33.1. The Hall–Kier alpha value is -6.04. The fourth-order valence-electron chi connectivity index (χ4n) is 5.97. The number of carboxylic acid groups (broad SMARTS) is 1. The van der Waals surface area contributed by atoms with Gasteiger partial charge in [-0.3, -0.25) is 19.7 Å². The van der Waals surface area contributed by atoms with Gasteiger partial charge < -0.3 is 25.0 Å². The molecule has 3 N–H and O–H groups in total. The molecule has 1 heterocycles. The molecule has 6 rings (SSSR count).